The van der Waals surface area contributed by atoms with E-state index in [-0.39, 0.29) is 5.91 Å². The summed E-state index contributed by atoms with van der Waals surface area (Å²) >= 11 is 0. The largest absolute Gasteiger partial charge is 0.381 e. The molecule has 2 saturated heterocycles. The molecule has 2 aliphatic heterocycles. The maximum Gasteiger partial charge on any atom is 0.233 e. The van der Waals surface area contributed by atoms with Crippen LogP contribution in [0.15, 0.2) is 36.4 Å². The van der Waals surface area contributed by atoms with Crippen molar-refractivity contribution in [2.45, 2.75) is 32.1 Å². The molecular weight excluding hydrogens is 378 g/mol. The summed E-state index contributed by atoms with van der Waals surface area (Å²) in [5, 5.41) is 3.20. The molecular formula is C23H31N5O2. The predicted molar refractivity (Wildman–Crippen MR) is 118 cm³/mol. The van der Waals surface area contributed by atoms with Crippen LogP contribution in [0.4, 0.5) is 11.8 Å². The number of aromatic nitrogens is 2. The summed E-state index contributed by atoms with van der Waals surface area (Å²) in [6.45, 7) is 9.03. The highest BCUT2D eigenvalue weighted by Gasteiger charge is 2.44. The van der Waals surface area contributed by atoms with E-state index in [0.717, 1.165) is 49.6 Å². The molecule has 1 aromatic heterocycles. The third kappa shape index (κ3) is 4.12. The number of hydrogen-bond donors (Lipinski definition) is 1. The topological polar surface area (TPSA) is 70.6 Å². The monoisotopic (exact) mass is 409 g/mol. The first-order valence-corrected chi connectivity index (χ1v) is 10.9. The number of anilines is 2. The first-order valence-electron chi connectivity index (χ1n) is 10.9. The number of nitrogens with one attached hydrogen (secondary N) is 1. The van der Waals surface area contributed by atoms with Crippen LogP contribution in [0.1, 0.15) is 31.0 Å². The lowest BCUT2D eigenvalue weighted by atomic mass is 9.73. The second-order valence-corrected chi connectivity index (χ2v) is 8.06. The van der Waals surface area contributed by atoms with Gasteiger partial charge in [-0.25, -0.2) is 4.98 Å². The average Bonchev–Trinajstić information content (AvgIpc) is 2.79. The number of carbonyl (C=O) groups excluding carboxylic acids is 1. The highest BCUT2D eigenvalue weighted by Crippen LogP contribution is 2.37. The minimum Gasteiger partial charge on any atom is -0.381 e. The number of benzene rings is 1. The zero-order valence-corrected chi connectivity index (χ0v) is 17.9. The van der Waals surface area contributed by atoms with Gasteiger partial charge in [-0.05, 0) is 32.3 Å². The van der Waals surface area contributed by atoms with Crippen LogP contribution < -0.4 is 10.2 Å². The molecule has 4 rings (SSSR count). The van der Waals surface area contributed by atoms with Crippen molar-refractivity contribution < 1.29 is 9.53 Å². The van der Waals surface area contributed by atoms with Gasteiger partial charge in [0.15, 0.2) is 0 Å². The van der Waals surface area contributed by atoms with E-state index >= 15 is 0 Å². The molecule has 30 heavy (non-hydrogen) atoms. The van der Waals surface area contributed by atoms with Crippen molar-refractivity contribution in [2.24, 2.45) is 0 Å². The first-order chi connectivity index (χ1) is 14.6. The zero-order valence-electron chi connectivity index (χ0n) is 17.9. The summed E-state index contributed by atoms with van der Waals surface area (Å²) < 4.78 is 5.60. The van der Waals surface area contributed by atoms with E-state index in [1.54, 1.807) is 0 Å². The highest BCUT2D eigenvalue weighted by atomic mass is 16.5. The lowest BCUT2D eigenvalue weighted by molar-refractivity contribution is -0.141. The molecule has 2 fully saturated rings. The Hall–Kier alpha value is -2.67. The standard InChI is InChI=1S/C23H31N5O2/c1-3-24-22-25-18(2)17-20(26-22)27-11-13-28(14-12-27)21(29)23(9-15-30-16-10-23)19-7-5-4-6-8-19/h4-8,17H,3,9-16H2,1-2H3,(H,24,25,26). The molecule has 0 bridgehead atoms. The number of aryl methyl sites for hydroxylation is 1. The third-order valence-electron chi connectivity index (χ3n) is 6.15. The van der Waals surface area contributed by atoms with Crippen molar-refractivity contribution in [2.75, 3.05) is 56.2 Å². The van der Waals surface area contributed by atoms with Gasteiger partial charge in [0.05, 0.1) is 5.41 Å². The Morgan fingerprint density at radius 2 is 1.80 bits per heavy atom. The third-order valence-corrected chi connectivity index (χ3v) is 6.15. The van der Waals surface area contributed by atoms with E-state index in [2.05, 4.69) is 32.3 Å². The Morgan fingerprint density at radius 1 is 1.10 bits per heavy atom. The van der Waals surface area contributed by atoms with Gasteiger partial charge in [-0.2, -0.15) is 4.98 Å². The predicted octanol–water partition coefficient (Wildman–Crippen LogP) is 2.61. The zero-order chi connectivity index (χ0) is 21.0. The van der Waals surface area contributed by atoms with E-state index in [1.807, 2.05) is 43.0 Å². The molecule has 0 saturated carbocycles. The SMILES string of the molecule is CCNc1nc(C)cc(N2CCN(C(=O)C3(c4ccccc4)CCOCC3)CC2)n1. The number of hydrogen-bond acceptors (Lipinski definition) is 6. The summed E-state index contributed by atoms with van der Waals surface area (Å²) in [7, 11) is 0. The Kier molecular flexibility index (Phi) is 6.18. The van der Waals surface area contributed by atoms with E-state index in [4.69, 9.17) is 4.74 Å². The van der Waals surface area contributed by atoms with E-state index in [0.29, 0.717) is 32.3 Å². The van der Waals surface area contributed by atoms with Crippen LogP contribution in [-0.4, -0.2) is 66.7 Å². The molecule has 1 aromatic carbocycles. The van der Waals surface area contributed by atoms with Crippen LogP contribution >= 0.6 is 0 Å². The molecule has 0 spiro atoms. The number of rotatable bonds is 5. The molecule has 0 aliphatic carbocycles. The van der Waals surface area contributed by atoms with Gasteiger partial charge in [0.2, 0.25) is 11.9 Å². The van der Waals surface area contributed by atoms with Gasteiger partial charge in [0.25, 0.3) is 0 Å². The van der Waals surface area contributed by atoms with E-state index in [9.17, 15) is 4.79 Å². The Balaban J connectivity index is 1.49. The summed E-state index contributed by atoms with van der Waals surface area (Å²) in [6, 6.07) is 12.2. The van der Waals surface area contributed by atoms with Gasteiger partial charge < -0.3 is 19.9 Å². The van der Waals surface area contributed by atoms with Crippen LogP contribution in [0.3, 0.4) is 0 Å². The first kappa shape index (κ1) is 20.6. The van der Waals surface area contributed by atoms with Gasteiger partial charge in [-0.1, -0.05) is 30.3 Å². The van der Waals surface area contributed by atoms with Crippen molar-refractivity contribution in [3.63, 3.8) is 0 Å². The van der Waals surface area contributed by atoms with Gasteiger partial charge in [-0.3, -0.25) is 4.79 Å². The lowest BCUT2D eigenvalue weighted by Crippen LogP contribution is -2.56. The van der Waals surface area contributed by atoms with Crippen LogP contribution in [0.2, 0.25) is 0 Å². The smallest absolute Gasteiger partial charge is 0.233 e. The van der Waals surface area contributed by atoms with Gasteiger partial charge in [0.1, 0.15) is 5.82 Å². The maximum atomic E-state index is 13.7. The average molecular weight is 410 g/mol. The van der Waals surface area contributed by atoms with Crippen molar-refractivity contribution >= 4 is 17.7 Å². The molecule has 1 amide bonds. The fourth-order valence-electron chi connectivity index (χ4n) is 4.50. The minimum absolute atomic E-state index is 0.240. The van der Waals surface area contributed by atoms with Crippen molar-refractivity contribution in [1.82, 2.24) is 14.9 Å². The Morgan fingerprint density at radius 3 is 2.47 bits per heavy atom. The fourth-order valence-corrected chi connectivity index (χ4v) is 4.50. The molecule has 2 aliphatic rings. The summed E-state index contributed by atoms with van der Waals surface area (Å²) in [5.41, 5.74) is 1.59. The van der Waals surface area contributed by atoms with Crippen LogP contribution in [0, 0.1) is 6.92 Å². The fraction of sp³-hybridized carbons (Fsp3) is 0.522. The molecule has 2 aromatic rings. The molecule has 160 valence electrons. The maximum absolute atomic E-state index is 13.7. The lowest BCUT2D eigenvalue weighted by Gasteiger charge is -2.43. The minimum atomic E-state index is -0.467. The molecule has 1 N–H and O–H groups in total. The Labute approximate surface area is 178 Å². The van der Waals surface area contributed by atoms with Crippen LogP contribution in [0.5, 0.6) is 0 Å². The number of nitrogens with zero attached hydrogens (tertiary/aromatic N) is 4. The van der Waals surface area contributed by atoms with E-state index < -0.39 is 5.41 Å². The van der Waals surface area contributed by atoms with Crippen LogP contribution in [-0.2, 0) is 14.9 Å². The van der Waals surface area contributed by atoms with Crippen molar-refractivity contribution in [1.29, 1.82) is 0 Å². The normalized spacial score (nSPS) is 18.9. The number of ether oxygens (including phenoxy) is 1. The summed E-state index contributed by atoms with van der Waals surface area (Å²) in [5.74, 6) is 1.83. The number of piperazine rings is 1. The summed E-state index contributed by atoms with van der Waals surface area (Å²) in [6.07, 6.45) is 1.49. The van der Waals surface area contributed by atoms with Crippen LogP contribution in [0.25, 0.3) is 0 Å². The highest BCUT2D eigenvalue weighted by molar-refractivity contribution is 5.88. The molecule has 0 unspecified atom stereocenters. The van der Waals surface area contributed by atoms with Gasteiger partial charge in [-0.15, -0.1) is 0 Å². The quantitative estimate of drug-likeness (QED) is 0.819. The van der Waals surface area contributed by atoms with Crippen molar-refractivity contribution in [3.05, 3.63) is 47.7 Å². The van der Waals surface area contributed by atoms with E-state index in [1.165, 1.54) is 0 Å². The number of amides is 1. The molecule has 0 atom stereocenters. The number of carbonyl (C=O) groups is 1. The van der Waals surface area contributed by atoms with Gasteiger partial charge >= 0.3 is 0 Å². The molecule has 3 heterocycles. The summed E-state index contributed by atoms with van der Waals surface area (Å²) in [4.78, 5) is 27.1. The molecule has 0 radical (unpaired) electrons. The van der Waals surface area contributed by atoms with Gasteiger partial charge in [0, 0.05) is 57.7 Å². The molecule has 7 heteroatoms. The van der Waals surface area contributed by atoms with Crippen molar-refractivity contribution in [3.8, 4) is 0 Å². The second-order valence-electron chi connectivity index (χ2n) is 8.06. The molecule has 7 nitrogen and oxygen atoms in total. The Bertz CT molecular complexity index is 859. The second kappa shape index (κ2) is 9.00.